The molecule has 6 heteroatoms. The van der Waals surface area contributed by atoms with Gasteiger partial charge in [-0.15, -0.1) is 22.7 Å². The molecule has 2 heterocycles. The third-order valence-electron chi connectivity index (χ3n) is 4.32. The van der Waals surface area contributed by atoms with Crippen LogP contribution in [0.4, 0.5) is 0 Å². The standard InChI is InChI=1S/C21H23NO3S2/c23-20(22-11-10-16-6-2-1-3-7-16)15-25-21(24)18(19-9-5-13-27-19)14-17-8-4-12-26-17/h4-6,8-9,12-14H,1-3,7,10-11,15H2,(H,22,23)/b18-14-. The minimum atomic E-state index is -0.476. The van der Waals surface area contributed by atoms with E-state index in [0.717, 1.165) is 29.0 Å². The zero-order valence-corrected chi connectivity index (χ0v) is 16.7. The molecule has 1 amide bonds. The highest BCUT2D eigenvalue weighted by Crippen LogP contribution is 2.25. The molecule has 0 unspecified atom stereocenters. The lowest BCUT2D eigenvalue weighted by Crippen LogP contribution is -2.30. The average molecular weight is 402 g/mol. The van der Waals surface area contributed by atoms with Gasteiger partial charge in [-0.2, -0.15) is 0 Å². The van der Waals surface area contributed by atoms with Gasteiger partial charge in [0.2, 0.25) is 0 Å². The first kappa shape index (κ1) is 19.6. The van der Waals surface area contributed by atoms with Crippen LogP contribution >= 0.6 is 22.7 Å². The average Bonchev–Trinajstić information content (AvgIpc) is 3.39. The van der Waals surface area contributed by atoms with Crippen LogP contribution in [0.5, 0.6) is 0 Å². The number of nitrogens with one attached hydrogen (secondary N) is 1. The van der Waals surface area contributed by atoms with Crippen molar-refractivity contribution in [2.45, 2.75) is 32.1 Å². The highest BCUT2D eigenvalue weighted by Gasteiger charge is 2.16. The van der Waals surface area contributed by atoms with E-state index in [1.165, 1.54) is 29.8 Å². The largest absolute Gasteiger partial charge is 0.452 e. The maximum Gasteiger partial charge on any atom is 0.340 e. The molecular formula is C21H23NO3S2. The van der Waals surface area contributed by atoms with Crippen LogP contribution in [0, 0.1) is 0 Å². The molecule has 0 spiro atoms. The second-order valence-corrected chi connectivity index (χ2v) is 8.26. The van der Waals surface area contributed by atoms with Crippen molar-refractivity contribution in [3.63, 3.8) is 0 Å². The smallest absolute Gasteiger partial charge is 0.340 e. The van der Waals surface area contributed by atoms with E-state index in [-0.39, 0.29) is 12.5 Å². The van der Waals surface area contributed by atoms with E-state index in [1.807, 2.05) is 41.1 Å². The zero-order chi connectivity index (χ0) is 18.9. The number of carbonyl (C=O) groups excluding carboxylic acids is 2. The number of rotatable bonds is 8. The number of carbonyl (C=O) groups is 2. The Kier molecular flexibility index (Phi) is 7.42. The molecule has 3 rings (SSSR count). The Hall–Kier alpha value is -2.18. The first-order chi connectivity index (χ1) is 13.2. The fourth-order valence-corrected chi connectivity index (χ4v) is 4.32. The van der Waals surface area contributed by atoms with Crippen molar-refractivity contribution in [3.8, 4) is 0 Å². The predicted molar refractivity (Wildman–Crippen MR) is 112 cm³/mol. The topological polar surface area (TPSA) is 55.4 Å². The highest BCUT2D eigenvalue weighted by atomic mass is 32.1. The number of ether oxygens (including phenoxy) is 1. The summed E-state index contributed by atoms with van der Waals surface area (Å²) in [4.78, 5) is 26.3. The van der Waals surface area contributed by atoms with Crippen LogP contribution in [0.3, 0.4) is 0 Å². The molecule has 4 nitrogen and oxygen atoms in total. The van der Waals surface area contributed by atoms with Gasteiger partial charge in [-0.3, -0.25) is 4.79 Å². The second-order valence-electron chi connectivity index (χ2n) is 6.33. The first-order valence-corrected chi connectivity index (χ1v) is 10.9. The van der Waals surface area contributed by atoms with Crippen molar-refractivity contribution < 1.29 is 14.3 Å². The fourth-order valence-electron chi connectivity index (χ4n) is 2.93. The van der Waals surface area contributed by atoms with Gasteiger partial charge in [-0.1, -0.05) is 23.8 Å². The van der Waals surface area contributed by atoms with E-state index < -0.39 is 5.97 Å². The van der Waals surface area contributed by atoms with Gasteiger partial charge >= 0.3 is 5.97 Å². The van der Waals surface area contributed by atoms with Crippen molar-refractivity contribution in [3.05, 3.63) is 56.4 Å². The summed E-state index contributed by atoms with van der Waals surface area (Å²) in [6.45, 7) is 0.329. The van der Waals surface area contributed by atoms with Crippen molar-refractivity contribution in [2.24, 2.45) is 0 Å². The van der Waals surface area contributed by atoms with Crippen LogP contribution in [0.2, 0.25) is 0 Å². The summed E-state index contributed by atoms with van der Waals surface area (Å²) >= 11 is 3.02. The summed E-state index contributed by atoms with van der Waals surface area (Å²) in [7, 11) is 0. The zero-order valence-electron chi connectivity index (χ0n) is 15.1. The van der Waals surface area contributed by atoms with Crippen molar-refractivity contribution >= 4 is 46.2 Å². The van der Waals surface area contributed by atoms with Crippen LogP contribution in [0.25, 0.3) is 11.6 Å². The third kappa shape index (κ3) is 6.19. The molecule has 2 aromatic heterocycles. The van der Waals surface area contributed by atoms with Crippen molar-refractivity contribution in [1.82, 2.24) is 5.32 Å². The van der Waals surface area contributed by atoms with Gasteiger partial charge in [0.25, 0.3) is 5.91 Å². The van der Waals surface area contributed by atoms with E-state index in [1.54, 1.807) is 11.3 Å². The van der Waals surface area contributed by atoms with Gasteiger partial charge in [0.05, 0.1) is 5.57 Å². The van der Waals surface area contributed by atoms with Crippen molar-refractivity contribution in [1.29, 1.82) is 0 Å². The molecule has 1 aliphatic rings. The maximum absolute atomic E-state index is 12.5. The lowest BCUT2D eigenvalue weighted by Gasteiger charge is -2.13. The quantitative estimate of drug-likeness (QED) is 0.389. The molecule has 0 saturated heterocycles. The molecule has 0 atom stereocenters. The monoisotopic (exact) mass is 401 g/mol. The maximum atomic E-state index is 12.5. The second kappa shape index (κ2) is 10.2. The van der Waals surface area contributed by atoms with Gasteiger partial charge in [0.15, 0.2) is 6.61 Å². The van der Waals surface area contributed by atoms with E-state index in [4.69, 9.17) is 4.74 Å². The molecule has 2 aromatic rings. The Morgan fingerprint density at radius 2 is 2.00 bits per heavy atom. The molecule has 1 N–H and O–H groups in total. The number of hydrogen-bond donors (Lipinski definition) is 1. The van der Waals surface area contributed by atoms with E-state index in [9.17, 15) is 9.59 Å². The van der Waals surface area contributed by atoms with Crippen LogP contribution < -0.4 is 5.32 Å². The van der Waals surface area contributed by atoms with Gasteiger partial charge in [-0.05, 0) is 61.1 Å². The van der Waals surface area contributed by atoms with E-state index in [0.29, 0.717) is 12.1 Å². The molecule has 27 heavy (non-hydrogen) atoms. The predicted octanol–water partition coefficient (Wildman–Crippen LogP) is 4.90. The molecule has 0 saturated carbocycles. The summed E-state index contributed by atoms with van der Waals surface area (Å²) in [6.07, 6.45) is 9.73. The lowest BCUT2D eigenvalue weighted by atomic mass is 9.97. The number of esters is 1. The lowest BCUT2D eigenvalue weighted by molar-refractivity contribution is -0.142. The Balaban J connectivity index is 1.50. The normalized spacial score (nSPS) is 14.5. The van der Waals surface area contributed by atoms with Crippen LogP contribution in [-0.2, 0) is 14.3 Å². The molecule has 0 fully saturated rings. The van der Waals surface area contributed by atoms with Crippen LogP contribution in [0.15, 0.2) is 46.7 Å². The van der Waals surface area contributed by atoms with Gasteiger partial charge in [0.1, 0.15) is 0 Å². The molecule has 142 valence electrons. The van der Waals surface area contributed by atoms with Gasteiger partial charge < -0.3 is 10.1 Å². The Labute approximate surface area is 167 Å². The minimum Gasteiger partial charge on any atom is -0.452 e. The minimum absolute atomic E-state index is 0.259. The fraction of sp³-hybridized carbons (Fsp3) is 0.333. The third-order valence-corrected chi connectivity index (χ3v) is 6.05. The van der Waals surface area contributed by atoms with E-state index >= 15 is 0 Å². The Morgan fingerprint density at radius 1 is 1.15 bits per heavy atom. The SMILES string of the molecule is O=C(COC(=O)/C(=C\c1cccs1)c1cccs1)NCCC1=CCCCC1. The number of hydrogen-bond acceptors (Lipinski definition) is 5. The molecule has 1 aliphatic carbocycles. The van der Waals surface area contributed by atoms with Gasteiger partial charge in [-0.25, -0.2) is 4.79 Å². The summed E-state index contributed by atoms with van der Waals surface area (Å²) in [5.41, 5.74) is 1.89. The number of allylic oxidation sites excluding steroid dienone is 1. The molecule has 0 radical (unpaired) electrons. The van der Waals surface area contributed by atoms with Crippen molar-refractivity contribution in [2.75, 3.05) is 13.2 Å². The van der Waals surface area contributed by atoms with Gasteiger partial charge in [0, 0.05) is 16.3 Å². The summed E-state index contributed by atoms with van der Waals surface area (Å²) in [6, 6.07) is 7.65. The van der Waals surface area contributed by atoms with E-state index in [2.05, 4.69) is 11.4 Å². The molecule has 0 bridgehead atoms. The number of amides is 1. The summed E-state index contributed by atoms with van der Waals surface area (Å²) in [5, 5.41) is 6.70. The Bertz CT molecular complexity index is 805. The van der Waals surface area contributed by atoms with Crippen LogP contribution in [-0.4, -0.2) is 25.0 Å². The summed E-state index contributed by atoms with van der Waals surface area (Å²) < 4.78 is 5.26. The molecule has 0 aliphatic heterocycles. The summed E-state index contributed by atoms with van der Waals surface area (Å²) in [5.74, 6) is -0.739. The Morgan fingerprint density at radius 3 is 2.70 bits per heavy atom. The molecular weight excluding hydrogens is 378 g/mol. The first-order valence-electron chi connectivity index (χ1n) is 9.13. The highest BCUT2D eigenvalue weighted by molar-refractivity contribution is 7.12. The molecule has 0 aromatic carbocycles. The van der Waals surface area contributed by atoms with Crippen LogP contribution in [0.1, 0.15) is 41.9 Å². The number of thiophene rings is 2.